The summed E-state index contributed by atoms with van der Waals surface area (Å²) < 4.78 is 0. The average molecular weight is 173 g/mol. The van der Waals surface area contributed by atoms with Crippen LogP contribution in [0.5, 0.6) is 0 Å². The number of hydrogen-bond donors (Lipinski definition) is 1. The molecule has 66 valence electrons. The van der Waals surface area contributed by atoms with Crippen molar-refractivity contribution in [2.24, 2.45) is 0 Å². The van der Waals surface area contributed by atoms with E-state index in [2.05, 4.69) is 5.32 Å². The molecule has 0 fully saturated rings. The Morgan fingerprint density at radius 3 is 2.92 bits per heavy atom. The first-order valence-corrected chi connectivity index (χ1v) is 4.32. The minimum absolute atomic E-state index is 0.111. The van der Waals surface area contributed by atoms with Gasteiger partial charge in [-0.2, -0.15) is 0 Å². The van der Waals surface area contributed by atoms with Crippen molar-refractivity contribution in [2.75, 3.05) is 0 Å². The fourth-order valence-corrected chi connectivity index (χ4v) is 1.57. The van der Waals surface area contributed by atoms with Crippen molar-refractivity contribution in [1.82, 2.24) is 5.32 Å². The van der Waals surface area contributed by atoms with E-state index in [9.17, 15) is 4.79 Å². The molecule has 1 aromatic rings. The topological polar surface area (TPSA) is 29.1 Å². The van der Waals surface area contributed by atoms with E-state index in [1.807, 2.05) is 24.3 Å². The van der Waals surface area contributed by atoms with Crippen LogP contribution >= 0.6 is 0 Å². The van der Waals surface area contributed by atoms with Crippen LogP contribution in [0.4, 0.5) is 0 Å². The van der Waals surface area contributed by atoms with Crippen LogP contribution in [-0.4, -0.2) is 5.78 Å². The largest absolute Gasteiger partial charge is 0.386 e. The molecule has 0 amide bonds. The number of ketones is 1. The lowest BCUT2D eigenvalue weighted by atomic mass is 9.96. The monoisotopic (exact) mass is 173 g/mol. The zero-order valence-electron chi connectivity index (χ0n) is 7.50. The lowest BCUT2D eigenvalue weighted by molar-refractivity contribution is -0.111. The molecular formula is C11H11NO. The summed E-state index contributed by atoms with van der Waals surface area (Å²) in [5.41, 5.74) is 3.03. The van der Waals surface area contributed by atoms with Gasteiger partial charge in [0.2, 0.25) is 0 Å². The minimum Gasteiger partial charge on any atom is -0.386 e. The van der Waals surface area contributed by atoms with Gasteiger partial charge in [0.25, 0.3) is 0 Å². The summed E-state index contributed by atoms with van der Waals surface area (Å²) >= 11 is 0. The van der Waals surface area contributed by atoms with Crippen molar-refractivity contribution in [2.45, 2.75) is 13.5 Å². The number of nitrogens with one attached hydrogen (secondary N) is 1. The third-order valence-electron chi connectivity index (χ3n) is 2.23. The molecule has 0 bridgehead atoms. The van der Waals surface area contributed by atoms with Gasteiger partial charge in [-0.1, -0.05) is 24.3 Å². The van der Waals surface area contributed by atoms with Crippen LogP contribution in [0.2, 0.25) is 0 Å². The Labute approximate surface area is 77.3 Å². The van der Waals surface area contributed by atoms with E-state index in [0.717, 1.165) is 17.7 Å². The molecule has 0 spiro atoms. The van der Waals surface area contributed by atoms with Crippen LogP contribution in [0.15, 0.2) is 30.5 Å². The van der Waals surface area contributed by atoms with E-state index < -0.39 is 0 Å². The van der Waals surface area contributed by atoms with E-state index in [1.165, 1.54) is 5.56 Å². The SMILES string of the molecule is CC(=O)C1=CNCc2ccccc21. The first-order valence-electron chi connectivity index (χ1n) is 4.32. The zero-order valence-corrected chi connectivity index (χ0v) is 7.50. The van der Waals surface area contributed by atoms with E-state index in [0.29, 0.717) is 0 Å². The summed E-state index contributed by atoms with van der Waals surface area (Å²) in [4.78, 5) is 11.3. The molecule has 0 aliphatic carbocycles. The Morgan fingerprint density at radius 1 is 1.38 bits per heavy atom. The molecule has 13 heavy (non-hydrogen) atoms. The standard InChI is InChI=1S/C11H11NO/c1-8(13)11-7-12-6-9-4-2-3-5-10(9)11/h2-5,7,12H,6H2,1H3. The molecule has 0 saturated carbocycles. The number of Topliss-reactive ketones (excluding diaryl/α,β-unsaturated/α-hetero) is 1. The van der Waals surface area contributed by atoms with Gasteiger partial charge < -0.3 is 5.32 Å². The highest BCUT2D eigenvalue weighted by Gasteiger charge is 2.14. The molecule has 1 aliphatic rings. The van der Waals surface area contributed by atoms with Crippen molar-refractivity contribution in [3.63, 3.8) is 0 Å². The van der Waals surface area contributed by atoms with Gasteiger partial charge in [0, 0.05) is 18.3 Å². The van der Waals surface area contributed by atoms with Gasteiger partial charge in [0.15, 0.2) is 5.78 Å². The third kappa shape index (κ3) is 1.35. The van der Waals surface area contributed by atoms with E-state index in [-0.39, 0.29) is 5.78 Å². The van der Waals surface area contributed by atoms with Crippen LogP contribution in [0, 0.1) is 0 Å². The van der Waals surface area contributed by atoms with E-state index in [1.54, 1.807) is 13.1 Å². The normalized spacial score (nSPS) is 14.1. The summed E-state index contributed by atoms with van der Waals surface area (Å²) in [6, 6.07) is 7.98. The summed E-state index contributed by atoms with van der Waals surface area (Å²) in [5, 5.41) is 3.09. The van der Waals surface area contributed by atoms with Crippen molar-refractivity contribution in [1.29, 1.82) is 0 Å². The molecule has 1 aromatic carbocycles. The first kappa shape index (κ1) is 8.05. The Morgan fingerprint density at radius 2 is 2.15 bits per heavy atom. The van der Waals surface area contributed by atoms with Gasteiger partial charge in [0.1, 0.15) is 0 Å². The average Bonchev–Trinajstić information content (AvgIpc) is 2.17. The number of allylic oxidation sites excluding steroid dienone is 1. The van der Waals surface area contributed by atoms with Crippen LogP contribution in [0.25, 0.3) is 5.57 Å². The predicted octanol–water partition coefficient (Wildman–Crippen LogP) is 1.72. The van der Waals surface area contributed by atoms with Gasteiger partial charge in [-0.05, 0) is 18.1 Å². The fourth-order valence-electron chi connectivity index (χ4n) is 1.57. The Bertz CT molecular complexity index is 379. The molecule has 0 aromatic heterocycles. The lowest BCUT2D eigenvalue weighted by Gasteiger charge is -2.16. The summed E-state index contributed by atoms with van der Waals surface area (Å²) in [5.74, 6) is 0.111. The van der Waals surface area contributed by atoms with Crippen LogP contribution in [0.3, 0.4) is 0 Å². The first-order chi connectivity index (χ1) is 6.29. The Hall–Kier alpha value is -1.57. The minimum atomic E-state index is 0.111. The molecule has 2 heteroatoms. The summed E-state index contributed by atoms with van der Waals surface area (Å²) in [7, 11) is 0. The van der Waals surface area contributed by atoms with Gasteiger partial charge >= 0.3 is 0 Å². The summed E-state index contributed by atoms with van der Waals surface area (Å²) in [6.45, 7) is 2.41. The number of carbonyl (C=O) groups excluding carboxylic acids is 1. The molecule has 1 aliphatic heterocycles. The second-order valence-electron chi connectivity index (χ2n) is 3.15. The highest BCUT2D eigenvalue weighted by molar-refractivity contribution is 6.20. The fraction of sp³-hybridized carbons (Fsp3) is 0.182. The Kier molecular flexibility index (Phi) is 1.89. The Balaban J connectivity index is 2.53. The number of hydrogen-bond acceptors (Lipinski definition) is 2. The molecule has 0 radical (unpaired) electrons. The van der Waals surface area contributed by atoms with Crippen LogP contribution < -0.4 is 5.32 Å². The molecule has 2 nitrogen and oxygen atoms in total. The maximum atomic E-state index is 11.3. The highest BCUT2D eigenvalue weighted by atomic mass is 16.1. The smallest absolute Gasteiger partial charge is 0.161 e. The number of fused-ring (bicyclic) bond motifs is 1. The number of carbonyl (C=O) groups is 1. The lowest BCUT2D eigenvalue weighted by Crippen LogP contribution is -2.16. The second kappa shape index (κ2) is 3.05. The maximum Gasteiger partial charge on any atom is 0.161 e. The van der Waals surface area contributed by atoms with Crippen molar-refractivity contribution in [3.8, 4) is 0 Å². The number of rotatable bonds is 1. The molecule has 0 atom stereocenters. The molecule has 2 rings (SSSR count). The molecule has 1 heterocycles. The molecule has 0 saturated heterocycles. The highest BCUT2D eigenvalue weighted by Crippen LogP contribution is 2.22. The zero-order chi connectivity index (χ0) is 9.26. The predicted molar refractivity (Wildman–Crippen MR) is 51.9 cm³/mol. The van der Waals surface area contributed by atoms with Crippen molar-refractivity contribution < 1.29 is 4.79 Å². The number of benzene rings is 1. The van der Waals surface area contributed by atoms with Gasteiger partial charge in [0.05, 0.1) is 0 Å². The molecule has 0 unspecified atom stereocenters. The van der Waals surface area contributed by atoms with Crippen molar-refractivity contribution in [3.05, 3.63) is 41.6 Å². The van der Waals surface area contributed by atoms with E-state index in [4.69, 9.17) is 0 Å². The van der Waals surface area contributed by atoms with Gasteiger partial charge in [-0.25, -0.2) is 0 Å². The third-order valence-corrected chi connectivity index (χ3v) is 2.23. The van der Waals surface area contributed by atoms with Crippen LogP contribution in [-0.2, 0) is 11.3 Å². The van der Waals surface area contributed by atoms with Gasteiger partial charge in [-0.3, -0.25) is 4.79 Å². The summed E-state index contributed by atoms with van der Waals surface area (Å²) in [6.07, 6.45) is 1.80. The van der Waals surface area contributed by atoms with Gasteiger partial charge in [-0.15, -0.1) is 0 Å². The molecule has 1 N–H and O–H groups in total. The van der Waals surface area contributed by atoms with Crippen molar-refractivity contribution >= 4 is 11.4 Å². The molecular weight excluding hydrogens is 162 g/mol. The maximum absolute atomic E-state index is 11.3. The second-order valence-corrected chi connectivity index (χ2v) is 3.15. The van der Waals surface area contributed by atoms with Crippen LogP contribution in [0.1, 0.15) is 18.1 Å². The van der Waals surface area contributed by atoms with E-state index >= 15 is 0 Å². The quantitative estimate of drug-likeness (QED) is 0.700.